The second-order valence-corrected chi connectivity index (χ2v) is 6.69. The minimum Gasteiger partial charge on any atom is -0.399 e. The van der Waals surface area contributed by atoms with Crippen molar-refractivity contribution in [3.05, 3.63) is 23.8 Å². The molecule has 1 aliphatic carbocycles. The molecule has 2 rings (SSSR count). The van der Waals surface area contributed by atoms with E-state index in [2.05, 4.69) is 11.6 Å². The normalized spacial score (nSPS) is 24.4. The maximum atomic E-state index is 12.1. The van der Waals surface area contributed by atoms with Crippen molar-refractivity contribution in [3.8, 4) is 0 Å². The predicted molar refractivity (Wildman–Crippen MR) is 68.1 cm³/mol. The lowest BCUT2D eigenvalue weighted by Crippen LogP contribution is -2.43. The zero-order valence-electron chi connectivity index (χ0n) is 10.1. The second-order valence-electron chi connectivity index (χ2n) is 4.97. The summed E-state index contributed by atoms with van der Waals surface area (Å²) in [7, 11) is -3.42. The molecule has 0 spiro atoms. The first-order chi connectivity index (χ1) is 7.87. The minimum atomic E-state index is -3.42. The van der Waals surface area contributed by atoms with E-state index in [9.17, 15) is 8.42 Å². The number of rotatable bonds is 3. The molecule has 3 N–H and O–H groups in total. The molecule has 1 aromatic carbocycles. The lowest BCUT2D eigenvalue weighted by Gasteiger charge is -2.32. The first kappa shape index (κ1) is 12.4. The molecule has 4 nitrogen and oxygen atoms in total. The van der Waals surface area contributed by atoms with Crippen LogP contribution in [0.5, 0.6) is 0 Å². The number of sulfonamides is 1. The standard InChI is InChI=1S/C12H18N2O2S/c1-8-3-10(13)7-12(6-8)17(15,16)14-11-4-9(2)5-11/h3,6-7,9,11,14H,4-5,13H2,1-2H3. The summed E-state index contributed by atoms with van der Waals surface area (Å²) in [5.74, 6) is 0.616. The van der Waals surface area contributed by atoms with Crippen LogP contribution in [0, 0.1) is 12.8 Å². The van der Waals surface area contributed by atoms with E-state index in [4.69, 9.17) is 5.73 Å². The van der Waals surface area contributed by atoms with E-state index < -0.39 is 10.0 Å². The summed E-state index contributed by atoms with van der Waals surface area (Å²) in [5.41, 5.74) is 7.00. The molecule has 0 aliphatic heterocycles. The smallest absolute Gasteiger partial charge is 0.240 e. The highest BCUT2D eigenvalue weighted by Crippen LogP contribution is 2.28. The maximum absolute atomic E-state index is 12.1. The van der Waals surface area contributed by atoms with Crippen LogP contribution in [0.1, 0.15) is 25.3 Å². The van der Waals surface area contributed by atoms with Gasteiger partial charge in [-0.05, 0) is 49.4 Å². The third-order valence-corrected chi connectivity index (χ3v) is 4.58. The molecule has 5 heteroatoms. The fourth-order valence-electron chi connectivity index (χ4n) is 2.22. The van der Waals surface area contributed by atoms with Gasteiger partial charge < -0.3 is 5.73 Å². The molecular formula is C12H18N2O2S. The molecule has 1 fully saturated rings. The Kier molecular flexibility index (Phi) is 3.14. The average molecular weight is 254 g/mol. The highest BCUT2D eigenvalue weighted by molar-refractivity contribution is 7.89. The van der Waals surface area contributed by atoms with Crippen LogP contribution in [-0.2, 0) is 10.0 Å². The molecule has 0 radical (unpaired) electrons. The highest BCUT2D eigenvalue weighted by Gasteiger charge is 2.29. The van der Waals surface area contributed by atoms with E-state index in [1.54, 1.807) is 12.1 Å². The van der Waals surface area contributed by atoms with Crippen LogP contribution >= 0.6 is 0 Å². The average Bonchev–Trinajstić information content (AvgIpc) is 2.13. The molecule has 0 amide bonds. The van der Waals surface area contributed by atoms with Crippen molar-refractivity contribution >= 4 is 15.7 Å². The number of hydrogen-bond donors (Lipinski definition) is 2. The Hall–Kier alpha value is -1.07. The van der Waals surface area contributed by atoms with Crippen LogP contribution in [0.2, 0.25) is 0 Å². The Bertz CT molecular complexity index is 499. The highest BCUT2D eigenvalue weighted by atomic mass is 32.2. The van der Waals surface area contributed by atoms with Crippen molar-refractivity contribution in [1.82, 2.24) is 4.72 Å². The van der Waals surface area contributed by atoms with Gasteiger partial charge in [0.05, 0.1) is 4.90 Å². The topological polar surface area (TPSA) is 72.2 Å². The van der Waals surface area contributed by atoms with Gasteiger partial charge in [0.1, 0.15) is 0 Å². The molecule has 0 unspecified atom stereocenters. The van der Waals surface area contributed by atoms with Gasteiger partial charge in [0.25, 0.3) is 0 Å². The van der Waals surface area contributed by atoms with Gasteiger partial charge in [0.15, 0.2) is 0 Å². The number of nitrogen functional groups attached to an aromatic ring is 1. The molecule has 1 aliphatic rings. The molecule has 1 saturated carbocycles. The van der Waals surface area contributed by atoms with E-state index >= 15 is 0 Å². The van der Waals surface area contributed by atoms with E-state index in [0.29, 0.717) is 11.6 Å². The fraction of sp³-hybridized carbons (Fsp3) is 0.500. The van der Waals surface area contributed by atoms with Gasteiger partial charge in [-0.3, -0.25) is 0 Å². The van der Waals surface area contributed by atoms with Crippen LogP contribution in [-0.4, -0.2) is 14.5 Å². The van der Waals surface area contributed by atoms with Crippen LogP contribution in [0.3, 0.4) is 0 Å². The Labute approximate surface area is 102 Å². The van der Waals surface area contributed by atoms with Gasteiger partial charge in [-0.15, -0.1) is 0 Å². The van der Waals surface area contributed by atoms with Crippen molar-refractivity contribution in [2.45, 2.75) is 37.6 Å². The van der Waals surface area contributed by atoms with E-state index in [1.165, 1.54) is 6.07 Å². The molecule has 1 aromatic rings. The lowest BCUT2D eigenvalue weighted by atomic mass is 9.83. The number of anilines is 1. The summed E-state index contributed by atoms with van der Waals surface area (Å²) < 4.78 is 26.9. The van der Waals surface area contributed by atoms with Crippen molar-refractivity contribution in [2.24, 2.45) is 5.92 Å². The molecule has 0 saturated heterocycles. The number of aryl methyl sites for hydroxylation is 1. The van der Waals surface area contributed by atoms with Crippen LogP contribution in [0.4, 0.5) is 5.69 Å². The van der Waals surface area contributed by atoms with Gasteiger partial charge in [-0.2, -0.15) is 0 Å². The second kappa shape index (κ2) is 4.31. The van der Waals surface area contributed by atoms with Gasteiger partial charge in [0.2, 0.25) is 10.0 Å². The monoisotopic (exact) mass is 254 g/mol. The summed E-state index contributed by atoms with van der Waals surface area (Å²) in [6.07, 6.45) is 1.83. The number of nitrogens with two attached hydrogens (primary N) is 1. The summed E-state index contributed by atoms with van der Waals surface area (Å²) in [6.45, 7) is 3.95. The number of hydrogen-bond acceptors (Lipinski definition) is 3. The zero-order valence-corrected chi connectivity index (χ0v) is 10.9. The number of benzene rings is 1. The quantitative estimate of drug-likeness (QED) is 0.806. The number of nitrogens with one attached hydrogen (secondary N) is 1. The molecular weight excluding hydrogens is 236 g/mol. The maximum Gasteiger partial charge on any atom is 0.240 e. The molecule has 94 valence electrons. The van der Waals surface area contributed by atoms with Crippen molar-refractivity contribution < 1.29 is 8.42 Å². The van der Waals surface area contributed by atoms with Crippen LogP contribution in [0.15, 0.2) is 23.1 Å². The zero-order chi connectivity index (χ0) is 12.6. The Morgan fingerprint density at radius 1 is 1.29 bits per heavy atom. The Morgan fingerprint density at radius 3 is 2.47 bits per heavy atom. The van der Waals surface area contributed by atoms with Crippen molar-refractivity contribution in [1.29, 1.82) is 0 Å². The predicted octanol–water partition coefficient (Wildman–Crippen LogP) is 1.65. The van der Waals surface area contributed by atoms with Gasteiger partial charge >= 0.3 is 0 Å². The van der Waals surface area contributed by atoms with Crippen molar-refractivity contribution in [2.75, 3.05) is 5.73 Å². The molecule has 0 heterocycles. The van der Waals surface area contributed by atoms with Gasteiger partial charge in [-0.25, -0.2) is 13.1 Å². The Morgan fingerprint density at radius 2 is 1.94 bits per heavy atom. The summed E-state index contributed by atoms with van der Waals surface area (Å²) in [5, 5.41) is 0. The van der Waals surface area contributed by atoms with Gasteiger partial charge in [-0.1, -0.05) is 6.92 Å². The van der Waals surface area contributed by atoms with Crippen molar-refractivity contribution in [3.63, 3.8) is 0 Å². The largest absolute Gasteiger partial charge is 0.399 e. The molecule has 0 aromatic heterocycles. The van der Waals surface area contributed by atoms with Crippen LogP contribution in [0.25, 0.3) is 0 Å². The van der Waals surface area contributed by atoms with E-state index in [0.717, 1.165) is 18.4 Å². The lowest BCUT2D eigenvalue weighted by molar-refractivity contribution is 0.270. The minimum absolute atomic E-state index is 0.0803. The third kappa shape index (κ3) is 2.79. The fourth-order valence-corrected chi connectivity index (χ4v) is 3.62. The van der Waals surface area contributed by atoms with E-state index in [-0.39, 0.29) is 10.9 Å². The summed E-state index contributed by atoms with van der Waals surface area (Å²) in [4.78, 5) is 0.259. The molecule has 17 heavy (non-hydrogen) atoms. The summed E-state index contributed by atoms with van der Waals surface area (Å²) >= 11 is 0. The SMILES string of the molecule is Cc1cc(N)cc(S(=O)(=O)NC2CC(C)C2)c1. The van der Waals surface area contributed by atoms with E-state index in [1.807, 2.05) is 6.92 Å². The first-order valence-electron chi connectivity index (χ1n) is 5.76. The summed E-state index contributed by atoms with van der Waals surface area (Å²) in [6, 6.07) is 4.97. The van der Waals surface area contributed by atoms with Gasteiger partial charge in [0, 0.05) is 11.7 Å². The first-order valence-corrected chi connectivity index (χ1v) is 7.24. The Balaban J connectivity index is 2.19. The van der Waals surface area contributed by atoms with Crippen LogP contribution < -0.4 is 10.5 Å². The molecule has 0 bridgehead atoms. The third-order valence-electron chi connectivity index (χ3n) is 3.08. The molecule has 0 atom stereocenters.